The summed E-state index contributed by atoms with van der Waals surface area (Å²) in [6.45, 7) is 15.1. The normalized spacial score (nSPS) is 38.4. The predicted octanol–water partition coefficient (Wildman–Crippen LogP) is 1.95. The molecule has 0 aromatic heterocycles. The minimum absolute atomic E-state index is 0.0156. The summed E-state index contributed by atoms with van der Waals surface area (Å²) in [4.78, 5) is 17.4. The molecule has 0 radical (unpaired) electrons. The Labute approximate surface area is 135 Å². The van der Waals surface area contributed by atoms with Crippen LogP contribution in [0, 0.1) is 17.3 Å². The average Bonchev–Trinajstić information content (AvgIpc) is 3.03. The minimum atomic E-state index is -0.0156. The number of hydrogen-bond donors (Lipinski definition) is 1. The lowest BCUT2D eigenvalue weighted by Gasteiger charge is -2.48. The average molecular weight is 307 g/mol. The van der Waals surface area contributed by atoms with E-state index in [1.165, 1.54) is 19.3 Å². The Morgan fingerprint density at radius 1 is 1.05 bits per heavy atom. The summed E-state index contributed by atoms with van der Waals surface area (Å²) in [6.07, 6.45) is 3.95. The van der Waals surface area contributed by atoms with Gasteiger partial charge in [-0.15, -0.1) is 0 Å². The predicted molar refractivity (Wildman–Crippen MR) is 89.7 cm³/mol. The molecule has 22 heavy (non-hydrogen) atoms. The molecule has 126 valence electrons. The molecule has 1 amide bonds. The Kier molecular flexibility index (Phi) is 4.28. The van der Waals surface area contributed by atoms with Gasteiger partial charge in [-0.2, -0.15) is 0 Å². The number of piperazine rings is 1. The van der Waals surface area contributed by atoms with Crippen molar-refractivity contribution < 1.29 is 4.79 Å². The molecule has 1 heterocycles. The second-order valence-electron chi connectivity index (χ2n) is 8.39. The smallest absolute Gasteiger partial charge is 0.234 e. The number of likely N-dealkylation sites (N-methyl/N-ethyl adjacent to an activating group) is 1. The van der Waals surface area contributed by atoms with Crippen LogP contribution in [-0.4, -0.2) is 60.5 Å². The molecule has 0 aromatic carbocycles. The zero-order valence-corrected chi connectivity index (χ0v) is 14.8. The van der Waals surface area contributed by atoms with Crippen LogP contribution in [-0.2, 0) is 4.79 Å². The van der Waals surface area contributed by atoms with E-state index >= 15 is 0 Å². The Hall–Kier alpha value is -0.610. The maximum atomic E-state index is 12.6. The molecule has 3 atom stereocenters. The van der Waals surface area contributed by atoms with Gasteiger partial charge in [0.05, 0.1) is 6.54 Å². The van der Waals surface area contributed by atoms with E-state index in [1.807, 2.05) is 0 Å². The molecule has 2 bridgehead atoms. The van der Waals surface area contributed by atoms with Crippen molar-refractivity contribution >= 4 is 5.91 Å². The Morgan fingerprint density at radius 3 is 2.18 bits per heavy atom. The van der Waals surface area contributed by atoms with Crippen LogP contribution in [0.2, 0.25) is 0 Å². The van der Waals surface area contributed by atoms with E-state index in [0.717, 1.165) is 38.6 Å². The molecule has 1 aliphatic heterocycles. The highest BCUT2D eigenvalue weighted by Crippen LogP contribution is 2.61. The molecule has 1 N–H and O–H groups in total. The molecule has 3 fully saturated rings. The second kappa shape index (κ2) is 5.79. The van der Waals surface area contributed by atoms with Crippen LogP contribution < -0.4 is 5.32 Å². The van der Waals surface area contributed by atoms with E-state index in [2.05, 4.69) is 42.8 Å². The summed E-state index contributed by atoms with van der Waals surface area (Å²) >= 11 is 0. The highest BCUT2D eigenvalue weighted by molar-refractivity contribution is 5.79. The summed E-state index contributed by atoms with van der Waals surface area (Å²) in [6, 6.07) is 0. The first-order valence-corrected chi connectivity index (χ1v) is 9.12. The molecule has 0 aromatic rings. The van der Waals surface area contributed by atoms with Gasteiger partial charge in [0.2, 0.25) is 5.91 Å². The lowest BCUT2D eigenvalue weighted by Crippen LogP contribution is -2.61. The first-order valence-electron chi connectivity index (χ1n) is 9.12. The molecular weight excluding hydrogens is 274 g/mol. The molecule has 3 unspecified atom stereocenters. The first-order chi connectivity index (χ1) is 10.4. The summed E-state index contributed by atoms with van der Waals surface area (Å²) in [5, 5.41) is 3.46. The van der Waals surface area contributed by atoms with Gasteiger partial charge >= 0.3 is 0 Å². The van der Waals surface area contributed by atoms with E-state index < -0.39 is 0 Å². The number of carbonyl (C=O) groups is 1. The molecule has 3 aliphatic rings. The van der Waals surface area contributed by atoms with Crippen LogP contribution in [0.3, 0.4) is 0 Å². The zero-order chi connectivity index (χ0) is 16.0. The Morgan fingerprint density at radius 2 is 1.64 bits per heavy atom. The van der Waals surface area contributed by atoms with Crippen molar-refractivity contribution in [2.45, 2.75) is 52.5 Å². The molecule has 0 spiro atoms. The lowest BCUT2D eigenvalue weighted by atomic mass is 9.64. The third kappa shape index (κ3) is 2.58. The van der Waals surface area contributed by atoms with E-state index in [9.17, 15) is 4.79 Å². The maximum Gasteiger partial charge on any atom is 0.234 e. The number of hydrogen-bond acceptors (Lipinski definition) is 3. The number of amides is 1. The van der Waals surface area contributed by atoms with Crippen molar-refractivity contribution in [2.24, 2.45) is 17.3 Å². The largest absolute Gasteiger partial charge is 0.349 e. The molecular formula is C18H33N3O. The first kappa shape index (κ1) is 16.3. The van der Waals surface area contributed by atoms with Gasteiger partial charge in [-0.05, 0) is 50.0 Å². The van der Waals surface area contributed by atoms with Crippen molar-refractivity contribution in [2.75, 3.05) is 39.3 Å². The van der Waals surface area contributed by atoms with Crippen LogP contribution >= 0.6 is 0 Å². The molecule has 2 aliphatic carbocycles. The monoisotopic (exact) mass is 307 g/mol. The third-order valence-corrected chi connectivity index (χ3v) is 7.29. The van der Waals surface area contributed by atoms with Crippen molar-refractivity contribution in [3.05, 3.63) is 0 Å². The van der Waals surface area contributed by atoms with E-state index in [1.54, 1.807) is 0 Å². The van der Waals surface area contributed by atoms with Gasteiger partial charge in [-0.1, -0.05) is 20.8 Å². The van der Waals surface area contributed by atoms with Crippen LogP contribution in [0.1, 0.15) is 47.0 Å². The quantitative estimate of drug-likeness (QED) is 0.862. The Balaban J connectivity index is 1.56. The van der Waals surface area contributed by atoms with Crippen molar-refractivity contribution in [3.63, 3.8) is 0 Å². The van der Waals surface area contributed by atoms with E-state index in [-0.39, 0.29) is 16.9 Å². The fourth-order valence-corrected chi connectivity index (χ4v) is 5.17. The molecule has 3 rings (SSSR count). The summed E-state index contributed by atoms with van der Waals surface area (Å²) in [5.74, 6) is 1.69. The highest BCUT2D eigenvalue weighted by atomic mass is 16.2. The van der Waals surface area contributed by atoms with Crippen molar-refractivity contribution in [3.8, 4) is 0 Å². The van der Waals surface area contributed by atoms with Crippen molar-refractivity contribution in [1.82, 2.24) is 15.1 Å². The SMILES string of the molecule is CCN1CCN(CC(=O)NC2(C)C3CCC(C3)C2(C)C)CC1. The standard InChI is InChI=1S/C18H33N3O/c1-5-20-8-10-21(11-9-20)13-16(22)19-18(4)15-7-6-14(12-15)17(18,2)3/h14-15H,5-13H2,1-4H3,(H,19,22). The van der Waals surface area contributed by atoms with Gasteiger partial charge in [0, 0.05) is 31.7 Å². The van der Waals surface area contributed by atoms with E-state index in [0.29, 0.717) is 12.5 Å². The topological polar surface area (TPSA) is 35.6 Å². The fraction of sp³-hybridized carbons (Fsp3) is 0.944. The van der Waals surface area contributed by atoms with Gasteiger partial charge in [0.25, 0.3) is 0 Å². The van der Waals surface area contributed by atoms with Crippen LogP contribution in [0.15, 0.2) is 0 Å². The van der Waals surface area contributed by atoms with Crippen LogP contribution in [0.4, 0.5) is 0 Å². The second-order valence-corrected chi connectivity index (χ2v) is 8.39. The fourth-order valence-electron chi connectivity index (χ4n) is 5.17. The number of nitrogens with zero attached hydrogens (tertiary/aromatic N) is 2. The maximum absolute atomic E-state index is 12.6. The minimum Gasteiger partial charge on any atom is -0.349 e. The lowest BCUT2D eigenvalue weighted by molar-refractivity contribution is -0.127. The summed E-state index contributed by atoms with van der Waals surface area (Å²) in [5.41, 5.74) is 0.213. The number of carbonyl (C=O) groups excluding carboxylic acids is 1. The van der Waals surface area contributed by atoms with Crippen LogP contribution in [0.5, 0.6) is 0 Å². The number of nitrogens with one attached hydrogen (secondary N) is 1. The summed E-state index contributed by atoms with van der Waals surface area (Å²) < 4.78 is 0. The van der Waals surface area contributed by atoms with Gasteiger partial charge in [-0.25, -0.2) is 0 Å². The van der Waals surface area contributed by atoms with Gasteiger partial charge in [-0.3, -0.25) is 9.69 Å². The van der Waals surface area contributed by atoms with Crippen molar-refractivity contribution in [1.29, 1.82) is 0 Å². The van der Waals surface area contributed by atoms with Gasteiger partial charge < -0.3 is 10.2 Å². The molecule has 1 saturated heterocycles. The highest BCUT2D eigenvalue weighted by Gasteiger charge is 2.60. The third-order valence-electron chi connectivity index (χ3n) is 7.29. The van der Waals surface area contributed by atoms with Crippen LogP contribution in [0.25, 0.3) is 0 Å². The van der Waals surface area contributed by atoms with Gasteiger partial charge in [0.1, 0.15) is 0 Å². The van der Waals surface area contributed by atoms with Gasteiger partial charge in [0.15, 0.2) is 0 Å². The summed E-state index contributed by atoms with van der Waals surface area (Å²) in [7, 11) is 0. The Bertz CT molecular complexity index is 428. The molecule has 4 heteroatoms. The van der Waals surface area contributed by atoms with E-state index in [4.69, 9.17) is 0 Å². The zero-order valence-electron chi connectivity index (χ0n) is 14.8. The number of rotatable bonds is 4. The number of fused-ring (bicyclic) bond motifs is 2. The molecule has 4 nitrogen and oxygen atoms in total. The molecule has 2 saturated carbocycles.